The Morgan fingerprint density at radius 3 is 2.79 bits per heavy atom. The first kappa shape index (κ1) is 22.6. The number of nitrogens with zero attached hydrogens (tertiary/aromatic N) is 3. The average molecular weight is 466 g/mol. The van der Waals surface area contributed by atoms with Crippen LogP contribution in [0.5, 0.6) is 11.5 Å². The van der Waals surface area contributed by atoms with Crippen molar-refractivity contribution >= 4 is 23.4 Å². The molecule has 0 spiro atoms. The molecule has 0 fully saturated rings. The van der Waals surface area contributed by atoms with E-state index in [0.717, 1.165) is 5.56 Å². The molecule has 33 heavy (non-hydrogen) atoms. The van der Waals surface area contributed by atoms with Gasteiger partial charge < -0.3 is 9.47 Å². The van der Waals surface area contributed by atoms with E-state index in [-0.39, 0.29) is 11.5 Å². The van der Waals surface area contributed by atoms with Crippen molar-refractivity contribution in [2.24, 2.45) is 0 Å². The molecule has 1 amide bonds. The van der Waals surface area contributed by atoms with E-state index in [0.29, 0.717) is 46.0 Å². The van der Waals surface area contributed by atoms with Crippen LogP contribution in [0.15, 0.2) is 65.1 Å². The number of aromatic amines is 1. The molecule has 0 aliphatic carbocycles. The summed E-state index contributed by atoms with van der Waals surface area (Å²) < 4.78 is 12.8. The molecule has 170 valence electrons. The average Bonchev–Trinajstić information content (AvgIpc) is 2.81. The van der Waals surface area contributed by atoms with E-state index in [2.05, 4.69) is 11.6 Å². The highest BCUT2D eigenvalue weighted by atomic mass is 32.2. The molecular formula is C24H25N4O4S+. The van der Waals surface area contributed by atoms with Gasteiger partial charge >= 0.3 is 11.3 Å². The lowest BCUT2D eigenvalue weighted by atomic mass is 10.0. The second-order valence-electron chi connectivity index (χ2n) is 7.28. The van der Waals surface area contributed by atoms with E-state index in [1.807, 2.05) is 43.3 Å². The number of benzene rings is 2. The second-order valence-corrected chi connectivity index (χ2v) is 8.28. The van der Waals surface area contributed by atoms with Crippen molar-refractivity contribution in [3.05, 3.63) is 71.0 Å². The minimum atomic E-state index is -0.692. The van der Waals surface area contributed by atoms with Gasteiger partial charge in [0.25, 0.3) is 6.17 Å². The molecule has 1 N–H and O–H groups in total. The fourth-order valence-electron chi connectivity index (χ4n) is 3.94. The quantitative estimate of drug-likeness (QED) is 0.327. The molecule has 4 rings (SSSR count). The number of carbonyl (C=O) groups is 1. The molecule has 1 atom stereocenters. The summed E-state index contributed by atoms with van der Waals surface area (Å²) in [5.41, 5.74) is 2.10. The number of para-hydroxylation sites is 1. The first-order chi connectivity index (χ1) is 16.0. The topological polar surface area (TPSA) is 88.4 Å². The molecule has 9 heteroatoms. The summed E-state index contributed by atoms with van der Waals surface area (Å²) in [5, 5.41) is 5.16. The highest BCUT2D eigenvalue weighted by Gasteiger charge is 2.45. The van der Waals surface area contributed by atoms with E-state index >= 15 is 0 Å². The smallest absolute Gasteiger partial charge is 0.325 e. The Morgan fingerprint density at radius 2 is 2.09 bits per heavy atom. The summed E-state index contributed by atoms with van der Waals surface area (Å²) in [6, 6.07) is 12.8. The molecule has 0 saturated carbocycles. The number of rotatable bonds is 7. The minimum absolute atomic E-state index is 0.180. The summed E-state index contributed by atoms with van der Waals surface area (Å²) in [7, 11) is 1.56. The Labute approximate surface area is 195 Å². The number of thioether (sulfide) groups is 1. The number of aromatic nitrogens is 3. The van der Waals surface area contributed by atoms with Gasteiger partial charge in [0.05, 0.1) is 25.0 Å². The van der Waals surface area contributed by atoms with E-state index in [1.165, 1.54) is 18.7 Å². The molecule has 0 radical (unpaired) electrons. The first-order valence-corrected chi connectivity index (χ1v) is 11.5. The number of anilines is 1. The number of methoxy groups -OCH3 is 1. The number of H-pyrrole nitrogens is 1. The summed E-state index contributed by atoms with van der Waals surface area (Å²) in [4.78, 5) is 30.7. The molecular weight excluding hydrogens is 440 g/mol. The predicted octanol–water partition coefficient (Wildman–Crippen LogP) is 3.32. The van der Waals surface area contributed by atoms with Gasteiger partial charge in [-0.15, -0.1) is 6.58 Å². The highest BCUT2D eigenvalue weighted by Crippen LogP contribution is 2.39. The molecule has 2 aromatic carbocycles. The standard InChI is InChI=1S/C24H24N4O4S/c1-5-13-33-24-25-22(30)21-17-9-7-8-10-18(17)27(15(3)29)23(28(21)26-24)16-11-12-19(32-6-2)20(14-16)31-4/h5,7-12,14,23H,1,6,13H2,2-4H3/p+1. The zero-order chi connectivity index (χ0) is 23.5. The van der Waals surface area contributed by atoms with E-state index in [9.17, 15) is 9.59 Å². The van der Waals surface area contributed by atoms with Crippen molar-refractivity contribution in [2.75, 3.05) is 24.4 Å². The molecule has 1 aromatic heterocycles. The normalized spacial score (nSPS) is 14.3. The third-order valence-corrected chi connectivity index (χ3v) is 6.08. The molecule has 8 nitrogen and oxygen atoms in total. The molecule has 1 aliphatic heterocycles. The second kappa shape index (κ2) is 9.50. The molecule has 0 bridgehead atoms. The van der Waals surface area contributed by atoms with Crippen LogP contribution < -0.4 is 24.6 Å². The lowest BCUT2D eigenvalue weighted by Gasteiger charge is -2.31. The molecule has 1 aliphatic rings. The van der Waals surface area contributed by atoms with Gasteiger partial charge in [-0.2, -0.15) is 0 Å². The van der Waals surface area contributed by atoms with Crippen LogP contribution >= 0.6 is 11.8 Å². The van der Waals surface area contributed by atoms with Crippen LogP contribution in [0.2, 0.25) is 0 Å². The van der Waals surface area contributed by atoms with Gasteiger partial charge in [-0.05, 0) is 41.9 Å². The zero-order valence-corrected chi connectivity index (χ0v) is 19.5. The van der Waals surface area contributed by atoms with Crippen molar-refractivity contribution in [3.8, 4) is 22.8 Å². The fraction of sp³-hybridized carbons (Fsp3) is 0.250. The third kappa shape index (κ3) is 4.11. The summed E-state index contributed by atoms with van der Waals surface area (Å²) in [5.74, 6) is 1.53. The van der Waals surface area contributed by atoms with Crippen molar-refractivity contribution in [2.45, 2.75) is 25.2 Å². The van der Waals surface area contributed by atoms with Gasteiger partial charge in [0.15, 0.2) is 11.5 Å². The van der Waals surface area contributed by atoms with Crippen molar-refractivity contribution in [1.82, 2.24) is 10.1 Å². The van der Waals surface area contributed by atoms with Crippen molar-refractivity contribution in [1.29, 1.82) is 0 Å². The van der Waals surface area contributed by atoms with Gasteiger partial charge in [-0.25, -0.2) is 4.90 Å². The maximum absolute atomic E-state index is 13.2. The summed E-state index contributed by atoms with van der Waals surface area (Å²) in [6.07, 6.45) is 1.04. The van der Waals surface area contributed by atoms with Crippen LogP contribution in [-0.4, -0.2) is 35.5 Å². The number of hydrogen-bond donors (Lipinski definition) is 1. The largest absolute Gasteiger partial charge is 0.493 e. The monoisotopic (exact) mass is 465 g/mol. The summed E-state index contributed by atoms with van der Waals surface area (Å²) in [6.45, 7) is 7.62. The number of nitrogens with one attached hydrogen (secondary N) is 1. The Hall–Kier alpha value is -3.59. The number of ether oxygens (including phenoxy) is 2. The van der Waals surface area contributed by atoms with Gasteiger partial charge in [0.2, 0.25) is 11.1 Å². The highest BCUT2D eigenvalue weighted by molar-refractivity contribution is 7.99. The van der Waals surface area contributed by atoms with Gasteiger partial charge in [0.1, 0.15) is 0 Å². The Morgan fingerprint density at radius 1 is 1.30 bits per heavy atom. The number of fused-ring (bicyclic) bond motifs is 3. The van der Waals surface area contributed by atoms with Gasteiger partial charge in [-0.3, -0.25) is 14.6 Å². The fourth-order valence-corrected chi connectivity index (χ4v) is 4.52. The Bertz CT molecular complexity index is 1270. The molecule has 2 heterocycles. The van der Waals surface area contributed by atoms with Crippen LogP contribution in [0.3, 0.4) is 0 Å². The van der Waals surface area contributed by atoms with Crippen molar-refractivity contribution < 1.29 is 19.0 Å². The number of hydrogen-bond acceptors (Lipinski definition) is 6. The molecule has 0 saturated heterocycles. The Balaban J connectivity index is 2.00. The van der Waals surface area contributed by atoms with E-state index in [1.54, 1.807) is 28.8 Å². The Kier molecular flexibility index (Phi) is 6.50. The number of carbonyl (C=O) groups excluding carboxylic acids is 1. The van der Waals surface area contributed by atoms with Crippen molar-refractivity contribution in [3.63, 3.8) is 0 Å². The lowest BCUT2D eigenvalue weighted by Crippen LogP contribution is -2.60. The summed E-state index contributed by atoms with van der Waals surface area (Å²) >= 11 is 1.36. The molecule has 3 aromatic rings. The molecule has 1 unspecified atom stereocenters. The maximum Gasteiger partial charge on any atom is 0.325 e. The lowest BCUT2D eigenvalue weighted by molar-refractivity contribution is -0.763. The van der Waals surface area contributed by atoms with Crippen LogP contribution in [0, 0.1) is 0 Å². The zero-order valence-electron chi connectivity index (χ0n) is 18.7. The van der Waals surface area contributed by atoms with E-state index in [4.69, 9.17) is 14.6 Å². The first-order valence-electron chi connectivity index (χ1n) is 10.5. The minimum Gasteiger partial charge on any atom is -0.493 e. The third-order valence-electron chi connectivity index (χ3n) is 5.22. The van der Waals surface area contributed by atoms with Gasteiger partial charge in [0, 0.05) is 23.3 Å². The van der Waals surface area contributed by atoms with E-state index < -0.39 is 6.17 Å². The predicted molar refractivity (Wildman–Crippen MR) is 127 cm³/mol. The number of amides is 1. The van der Waals surface area contributed by atoms with Gasteiger partial charge in [-0.1, -0.05) is 30.0 Å². The SMILES string of the molecule is C=CCSc1n[n+]2c(c(=O)[nH]1)-c1ccccc1N(C(C)=O)C2c1ccc(OCC)c(OC)c1. The van der Waals surface area contributed by atoms with Crippen LogP contribution in [-0.2, 0) is 4.79 Å². The van der Waals surface area contributed by atoms with Crippen LogP contribution in [0.25, 0.3) is 11.3 Å². The maximum atomic E-state index is 13.2. The van der Waals surface area contributed by atoms with Crippen LogP contribution in [0.4, 0.5) is 5.69 Å². The van der Waals surface area contributed by atoms with Crippen LogP contribution in [0.1, 0.15) is 25.6 Å².